The van der Waals surface area contributed by atoms with E-state index in [0.29, 0.717) is 11.3 Å². The lowest BCUT2D eigenvalue weighted by Gasteiger charge is -2.10. The fraction of sp³-hybridized carbons (Fsp3) is 0.167. The van der Waals surface area contributed by atoms with Crippen molar-refractivity contribution in [3.05, 3.63) is 42.2 Å². The molecule has 1 heterocycles. The predicted octanol–water partition coefficient (Wildman–Crippen LogP) is 0.745. The van der Waals surface area contributed by atoms with E-state index in [-0.39, 0.29) is 17.4 Å². The third-order valence-electron chi connectivity index (χ3n) is 2.57. The Kier molecular flexibility index (Phi) is 4.16. The van der Waals surface area contributed by atoms with Gasteiger partial charge >= 0.3 is 0 Å². The summed E-state index contributed by atoms with van der Waals surface area (Å²) >= 11 is 0. The molecule has 2 aromatic rings. The second kappa shape index (κ2) is 5.85. The van der Waals surface area contributed by atoms with Crippen molar-refractivity contribution in [2.24, 2.45) is 5.73 Å². The molecule has 3 N–H and O–H groups in total. The molecule has 0 fully saturated rings. The number of ether oxygens (including phenoxy) is 1. The van der Waals surface area contributed by atoms with Crippen LogP contribution in [0.2, 0.25) is 0 Å². The zero-order valence-corrected chi connectivity index (χ0v) is 11.6. The molecule has 0 spiro atoms. The topological polar surface area (TPSA) is 107 Å². The molecular weight excluding hydrogens is 280 g/mol. The van der Waals surface area contributed by atoms with Gasteiger partial charge in [-0.1, -0.05) is 0 Å². The van der Waals surface area contributed by atoms with E-state index in [9.17, 15) is 8.42 Å². The van der Waals surface area contributed by atoms with Gasteiger partial charge in [0.2, 0.25) is 5.95 Å². The van der Waals surface area contributed by atoms with E-state index in [4.69, 9.17) is 10.5 Å². The Hall–Kier alpha value is -2.19. The minimum Gasteiger partial charge on any atom is -0.496 e. The third kappa shape index (κ3) is 3.03. The molecule has 1 aromatic carbocycles. The third-order valence-corrected chi connectivity index (χ3v) is 3.90. The van der Waals surface area contributed by atoms with Crippen LogP contribution in [0, 0.1) is 0 Å². The number of nitrogens with two attached hydrogens (primary N) is 1. The number of benzene rings is 1. The van der Waals surface area contributed by atoms with Crippen LogP contribution in [-0.2, 0) is 16.6 Å². The molecule has 0 aliphatic rings. The summed E-state index contributed by atoms with van der Waals surface area (Å²) in [6.07, 6.45) is 2.90. The number of nitrogens with one attached hydrogen (secondary N) is 1. The summed E-state index contributed by atoms with van der Waals surface area (Å²) in [5.74, 6) is 0.556. The van der Waals surface area contributed by atoms with Gasteiger partial charge in [0.1, 0.15) is 5.75 Å². The molecule has 0 aliphatic carbocycles. The lowest BCUT2D eigenvalue weighted by Crippen LogP contribution is -2.15. The fourth-order valence-electron chi connectivity index (χ4n) is 1.61. The van der Waals surface area contributed by atoms with Crippen LogP contribution >= 0.6 is 0 Å². The molecule has 0 saturated heterocycles. The molecule has 106 valence electrons. The van der Waals surface area contributed by atoms with Crippen LogP contribution in [0.4, 0.5) is 5.95 Å². The first-order valence-electron chi connectivity index (χ1n) is 5.73. The highest BCUT2D eigenvalue weighted by Gasteiger charge is 2.17. The minimum absolute atomic E-state index is 0.0117. The smallest absolute Gasteiger partial charge is 0.264 e. The molecular formula is C12H14N4O3S. The summed E-state index contributed by atoms with van der Waals surface area (Å²) in [6.45, 7) is 0.175. The van der Waals surface area contributed by atoms with E-state index < -0.39 is 10.0 Å². The lowest BCUT2D eigenvalue weighted by atomic mass is 10.2. The van der Waals surface area contributed by atoms with E-state index >= 15 is 0 Å². The second-order valence-electron chi connectivity index (χ2n) is 3.86. The standard InChI is InChI=1S/C12H14N4O3S/c1-19-11-4-3-10(7-9(11)8-13)20(17,18)16-12-14-5-2-6-15-12/h2-7H,8,13H2,1H3,(H,14,15,16). The van der Waals surface area contributed by atoms with E-state index in [2.05, 4.69) is 14.7 Å². The highest BCUT2D eigenvalue weighted by molar-refractivity contribution is 7.92. The van der Waals surface area contributed by atoms with E-state index in [1.165, 1.54) is 31.6 Å². The maximum absolute atomic E-state index is 12.2. The largest absolute Gasteiger partial charge is 0.496 e. The van der Waals surface area contributed by atoms with E-state index in [1.807, 2.05) is 0 Å². The Bertz CT molecular complexity index is 689. The predicted molar refractivity (Wildman–Crippen MR) is 73.7 cm³/mol. The summed E-state index contributed by atoms with van der Waals surface area (Å²) in [4.78, 5) is 7.71. The highest BCUT2D eigenvalue weighted by Crippen LogP contribution is 2.22. The van der Waals surface area contributed by atoms with Crippen LogP contribution in [0.3, 0.4) is 0 Å². The first kappa shape index (κ1) is 14.2. The molecule has 20 heavy (non-hydrogen) atoms. The van der Waals surface area contributed by atoms with Crippen molar-refractivity contribution in [3.8, 4) is 5.75 Å². The van der Waals surface area contributed by atoms with Crippen LogP contribution in [0.15, 0.2) is 41.6 Å². The van der Waals surface area contributed by atoms with Crippen molar-refractivity contribution >= 4 is 16.0 Å². The van der Waals surface area contributed by atoms with Crippen LogP contribution in [-0.4, -0.2) is 25.5 Å². The van der Waals surface area contributed by atoms with Gasteiger partial charge in [0.25, 0.3) is 10.0 Å². The normalized spacial score (nSPS) is 11.1. The molecule has 2 rings (SSSR count). The molecule has 7 nitrogen and oxygen atoms in total. The van der Waals surface area contributed by atoms with Gasteiger partial charge in [-0.25, -0.2) is 23.1 Å². The molecule has 0 atom stereocenters. The summed E-state index contributed by atoms with van der Waals surface area (Å²) in [6, 6.07) is 6.05. The Balaban J connectivity index is 2.35. The highest BCUT2D eigenvalue weighted by atomic mass is 32.2. The number of methoxy groups -OCH3 is 1. The number of hydrogen-bond acceptors (Lipinski definition) is 6. The fourth-order valence-corrected chi connectivity index (χ4v) is 2.62. The molecule has 0 unspecified atom stereocenters. The van der Waals surface area contributed by atoms with Crippen molar-refractivity contribution < 1.29 is 13.2 Å². The SMILES string of the molecule is COc1ccc(S(=O)(=O)Nc2ncccn2)cc1CN. The van der Waals surface area contributed by atoms with Gasteiger partial charge in [-0.3, -0.25) is 0 Å². The number of sulfonamides is 1. The van der Waals surface area contributed by atoms with Gasteiger partial charge in [0, 0.05) is 24.5 Å². The van der Waals surface area contributed by atoms with Crippen molar-refractivity contribution in [2.75, 3.05) is 11.8 Å². The van der Waals surface area contributed by atoms with Crippen molar-refractivity contribution in [1.82, 2.24) is 9.97 Å². The maximum Gasteiger partial charge on any atom is 0.264 e. The number of nitrogens with zero attached hydrogens (tertiary/aromatic N) is 2. The molecule has 8 heteroatoms. The minimum atomic E-state index is -3.76. The van der Waals surface area contributed by atoms with Gasteiger partial charge in [-0.2, -0.15) is 0 Å². The first-order valence-corrected chi connectivity index (χ1v) is 7.22. The number of hydrogen-bond donors (Lipinski definition) is 2. The summed E-state index contributed by atoms with van der Waals surface area (Å²) in [5, 5.41) is 0. The second-order valence-corrected chi connectivity index (χ2v) is 5.54. The number of aromatic nitrogens is 2. The van der Waals surface area contributed by atoms with E-state index in [0.717, 1.165) is 0 Å². The molecule has 0 aliphatic heterocycles. The Labute approximate surface area is 116 Å². The van der Waals surface area contributed by atoms with Gasteiger partial charge in [0.05, 0.1) is 12.0 Å². The monoisotopic (exact) mass is 294 g/mol. The van der Waals surface area contributed by atoms with Gasteiger partial charge < -0.3 is 10.5 Å². The quantitative estimate of drug-likeness (QED) is 0.842. The van der Waals surface area contributed by atoms with Gasteiger partial charge in [-0.15, -0.1) is 0 Å². The Morgan fingerprint density at radius 3 is 2.60 bits per heavy atom. The van der Waals surface area contributed by atoms with Crippen molar-refractivity contribution in [1.29, 1.82) is 0 Å². The average Bonchev–Trinajstić information content (AvgIpc) is 2.47. The van der Waals surface area contributed by atoms with Crippen LogP contribution < -0.4 is 15.2 Å². The molecule has 0 amide bonds. The zero-order chi connectivity index (χ0) is 14.6. The number of anilines is 1. The van der Waals surface area contributed by atoms with Crippen LogP contribution in [0.25, 0.3) is 0 Å². The summed E-state index contributed by atoms with van der Waals surface area (Å²) < 4.78 is 31.8. The van der Waals surface area contributed by atoms with Crippen LogP contribution in [0.1, 0.15) is 5.56 Å². The lowest BCUT2D eigenvalue weighted by molar-refractivity contribution is 0.409. The van der Waals surface area contributed by atoms with E-state index in [1.54, 1.807) is 12.1 Å². The number of rotatable bonds is 5. The first-order chi connectivity index (χ1) is 9.56. The van der Waals surface area contributed by atoms with Gasteiger partial charge in [-0.05, 0) is 24.3 Å². The molecule has 1 aromatic heterocycles. The average molecular weight is 294 g/mol. The molecule has 0 radical (unpaired) electrons. The van der Waals surface area contributed by atoms with Gasteiger partial charge in [0.15, 0.2) is 0 Å². The molecule has 0 bridgehead atoms. The van der Waals surface area contributed by atoms with Crippen molar-refractivity contribution in [3.63, 3.8) is 0 Å². The Morgan fingerprint density at radius 1 is 1.30 bits per heavy atom. The Morgan fingerprint density at radius 2 is 2.00 bits per heavy atom. The summed E-state index contributed by atoms with van der Waals surface area (Å²) in [7, 11) is -2.26. The van der Waals surface area contributed by atoms with Crippen molar-refractivity contribution in [2.45, 2.75) is 11.4 Å². The molecule has 0 saturated carbocycles. The maximum atomic E-state index is 12.2. The summed E-state index contributed by atoms with van der Waals surface area (Å²) in [5.41, 5.74) is 6.17. The van der Waals surface area contributed by atoms with Crippen LogP contribution in [0.5, 0.6) is 5.75 Å². The zero-order valence-electron chi connectivity index (χ0n) is 10.8.